The Hall–Kier alpha value is -1.85. The second kappa shape index (κ2) is 5.03. The minimum absolute atomic E-state index is 0.0850. The van der Waals surface area contributed by atoms with E-state index in [1.165, 1.54) is 11.3 Å². The van der Waals surface area contributed by atoms with Crippen molar-refractivity contribution in [3.8, 4) is 5.75 Å². The number of anilines is 1. The van der Waals surface area contributed by atoms with E-state index in [1.54, 1.807) is 4.90 Å². The Morgan fingerprint density at radius 1 is 1.32 bits per heavy atom. The standard InChI is InChI=1S/C14H14N2O2S/c15-13(12-6-3-9-19-12)14(17)16-7-8-18-11-5-2-1-4-10(11)16/h1-6,9,13H,7-8,15H2. The van der Waals surface area contributed by atoms with E-state index in [-0.39, 0.29) is 5.91 Å². The molecule has 0 spiro atoms. The lowest BCUT2D eigenvalue weighted by atomic mass is 10.1. The number of carbonyl (C=O) groups is 1. The lowest BCUT2D eigenvalue weighted by molar-refractivity contribution is -0.120. The van der Waals surface area contributed by atoms with Gasteiger partial charge in [-0.15, -0.1) is 11.3 Å². The fourth-order valence-corrected chi connectivity index (χ4v) is 2.88. The number of hydrogen-bond acceptors (Lipinski definition) is 4. The van der Waals surface area contributed by atoms with Crippen molar-refractivity contribution in [2.24, 2.45) is 5.73 Å². The first-order chi connectivity index (χ1) is 9.27. The number of carbonyl (C=O) groups excluding carboxylic acids is 1. The Balaban J connectivity index is 1.89. The number of hydrogen-bond donors (Lipinski definition) is 1. The molecule has 1 atom stereocenters. The van der Waals surface area contributed by atoms with E-state index in [1.807, 2.05) is 41.8 Å². The van der Waals surface area contributed by atoms with Crippen molar-refractivity contribution in [2.45, 2.75) is 6.04 Å². The molecule has 2 N–H and O–H groups in total. The number of nitrogens with zero attached hydrogens (tertiary/aromatic N) is 1. The Morgan fingerprint density at radius 2 is 2.16 bits per heavy atom. The summed E-state index contributed by atoms with van der Waals surface area (Å²) in [6.07, 6.45) is 0. The summed E-state index contributed by atoms with van der Waals surface area (Å²) >= 11 is 1.50. The molecular weight excluding hydrogens is 260 g/mol. The van der Waals surface area contributed by atoms with E-state index in [0.29, 0.717) is 13.2 Å². The minimum atomic E-state index is -0.605. The number of benzene rings is 1. The van der Waals surface area contributed by atoms with Crippen molar-refractivity contribution in [1.82, 2.24) is 0 Å². The van der Waals surface area contributed by atoms with Crippen LogP contribution < -0.4 is 15.4 Å². The molecule has 3 rings (SSSR count). The smallest absolute Gasteiger partial charge is 0.249 e. The normalized spacial score (nSPS) is 15.5. The van der Waals surface area contributed by atoms with Gasteiger partial charge in [0.25, 0.3) is 0 Å². The van der Waals surface area contributed by atoms with Crippen LogP contribution in [0.1, 0.15) is 10.9 Å². The van der Waals surface area contributed by atoms with Crippen LogP contribution in [0.3, 0.4) is 0 Å². The Labute approximate surface area is 115 Å². The average Bonchev–Trinajstić information content (AvgIpc) is 2.99. The van der Waals surface area contributed by atoms with Crippen molar-refractivity contribution < 1.29 is 9.53 Å². The maximum atomic E-state index is 12.5. The number of rotatable bonds is 2. The van der Waals surface area contributed by atoms with Gasteiger partial charge in [0.05, 0.1) is 12.2 Å². The number of ether oxygens (including phenoxy) is 1. The van der Waals surface area contributed by atoms with Crippen LogP contribution in [0, 0.1) is 0 Å². The summed E-state index contributed by atoms with van der Waals surface area (Å²) in [5.41, 5.74) is 6.85. The van der Waals surface area contributed by atoms with Gasteiger partial charge in [0.2, 0.25) is 5.91 Å². The van der Waals surface area contributed by atoms with Crippen LogP contribution in [0.15, 0.2) is 41.8 Å². The van der Waals surface area contributed by atoms with Crippen LogP contribution >= 0.6 is 11.3 Å². The summed E-state index contributed by atoms with van der Waals surface area (Å²) in [5, 5.41) is 1.93. The summed E-state index contributed by atoms with van der Waals surface area (Å²) in [6, 6.07) is 10.7. The van der Waals surface area contributed by atoms with Gasteiger partial charge in [-0.2, -0.15) is 0 Å². The lowest BCUT2D eigenvalue weighted by Gasteiger charge is -2.31. The van der Waals surface area contributed by atoms with Crippen LogP contribution in [0.25, 0.3) is 0 Å². The van der Waals surface area contributed by atoms with Gasteiger partial charge in [0.1, 0.15) is 18.4 Å². The Morgan fingerprint density at radius 3 is 2.95 bits per heavy atom. The molecule has 1 aliphatic heterocycles. The van der Waals surface area contributed by atoms with E-state index in [4.69, 9.17) is 10.5 Å². The van der Waals surface area contributed by atoms with E-state index < -0.39 is 6.04 Å². The summed E-state index contributed by atoms with van der Waals surface area (Å²) in [5.74, 6) is 0.652. The summed E-state index contributed by atoms with van der Waals surface area (Å²) in [6.45, 7) is 1.04. The summed E-state index contributed by atoms with van der Waals surface area (Å²) in [7, 11) is 0. The van der Waals surface area contributed by atoms with E-state index >= 15 is 0 Å². The molecule has 0 saturated heterocycles. The first-order valence-corrected chi connectivity index (χ1v) is 6.97. The number of amides is 1. The molecule has 19 heavy (non-hydrogen) atoms. The van der Waals surface area contributed by atoms with Crippen molar-refractivity contribution in [3.05, 3.63) is 46.7 Å². The van der Waals surface area contributed by atoms with Gasteiger partial charge in [-0.3, -0.25) is 4.79 Å². The maximum Gasteiger partial charge on any atom is 0.249 e. The van der Waals surface area contributed by atoms with Gasteiger partial charge in [0.15, 0.2) is 0 Å². The molecule has 98 valence electrons. The monoisotopic (exact) mass is 274 g/mol. The van der Waals surface area contributed by atoms with Crippen molar-refractivity contribution >= 4 is 22.9 Å². The second-order valence-corrected chi connectivity index (χ2v) is 5.28. The predicted molar refractivity (Wildman–Crippen MR) is 75.5 cm³/mol. The van der Waals surface area contributed by atoms with Crippen molar-refractivity contribution in [1.29, 1.82) is 0 Å². The highest BCUT2D eigenvalue weighted by molar-refractivity contribution is 7.10. The van der Waals surface area contributed by atoms with Crippen LogP contribution in [0.4, 0.5) is 5.69 Å². The SMILES string of the molecule is NC(C(=O)N1CCOc2ccccc21)c1cccs1. The zero-order chi connectivity index (χ0) is 13.2. The third-order valence-electron chi connectivity index (χ3n) is 3.11. The molecule has 1 aromatic carbocycles. The van der Waals surface area contributed by atoms with Gasteiger partial charge >= 0.3 is 0 Å². The van der Waals surface area contributed by atoms with Gasteiger partial charge in [-0.1, -0.05) is 18.2 Å². The molecule has 2 aromatic rings. The first kappa shape index (κ1) is 12.2. The fourth-order valence-electron chi connectivity index (χ4n) is 2.16. The number of para-hydroxylation sites is 2. The number of thiophene rings is 1. The highest BCUT2D eigenvalue weighted by atomic mass is 32.1. The lowest BCUT2D eigenvalue weighted by Crippen LogP contribution is -2.42. The van der Waals surface area contributed by atoms with Crippen LogP contribution in [0.5, 0.6) is 5.75 Å². The molecule has 2 heterocycles. The molecule has 0 saturated carbocycles. The molecule has 1 amide bonds. The Bertz CT molecular complexity index is 583. The van der Waals surface area contributed by atoms with E-state index in [2.05, 4.69) is 0 Å². The van der Waals surface area contributed by atoms with Crippen LogP contribution in [0.2, 0.25) is 0 Å². The minimum Gasteiger partial charge on any atom is -0.490 e. The molecule has 0 fully saturated rings. The fraction of sp³-hybridized carbons (Fsp3) is 0.214. The van der Waals surface area contributed by atoms with Crippen molar-refractivity contribution in [2.75, 3.05) is 18.1 Å². The molecule has 1 aliphatic rings. The quantitative estimate of drug-likeness (QED) is 0.913. The molecule has 4 nitrogen and oxygen atoms in total. The third kappa shape index (κ3) is 2.22. The zero-order valence-electron chi connectivity index (χ0n) is 10.3. The first-order valence-electron chi connectivity index (χ1n) is 6.09. The maximum absolute atomic E-state index is 12.5. The zero-order valence-corrected chi connectivity index (χ0v) is 11.1. The topological polar surface area (TPSA) is 55.6 Å². The van der Waals surface area contributed by atoms with E-state index in [9.17, 15) is 4.79 Å². The largest absolute Gasteiger partial charge is 0.490 e. The molecular formula is C14H14N2O2S. The van der Waals surface area contributed by atoms with Gasteiger partial charge < -0.3 is 15.4 Å². The van der Waals surface area contributed by atoms with Crippen LogP contribution in [-0.4, -0.2) is 19.1 Å². The molecule has 5 heteroatoms. The average molecular weight is 274 g/mol. The molecule has 0 bridgehead atoms. The second-order valence-electron chi connectivity index (χ2n) is 4.30. The van der Waals surface area contributed by atoms with Gasteiger partial charge in [-0.25, -0.2) is 0 Å². The predicted octanol–water partition coefficient (Wildman–Crippen LogP) is 2.17. The highest BCUT2D eigenvalue weighted by Crippen LogP contribution is 2.32. The van der Waals surface area contributed by atoms with E-state index in [0.717, 1.165) is 16.3 Å². The summed E-state index contributed by atoms with van der Waals surface area (Å²) < 4.78 is 5.54. The summed E-state index contributed by atoms with van der Waals surface area (Å²) in [4.78, 5) is 15.1. The van der Waals surface area contributed by atoms with Gasteiger partial charge in [-0.05, 0) is 23.6 Å². The molecule has 0 aliphatic carbocycles. The molecule has 0 radical (unpaired) electrons. The third-order valence-corrected chi connectivity index (χ3v) is 4.07. The van der Waals surface area contributed by atoms with Gasteiger partial charge in [0, 0.05) is 4.88 Å². The molecule has 1 aromatic heterocycles. The van der Waals surface area contributed by atoms with Crippen LogP contribution in [-0.2, 0) is 4.79 Å². The van der Waals surface area contributed by atoms with Crippen molar-refractivity contribution in [3.63, 3.8) is 0 Å². The number of nitrogens with two attached hydrogens (primary N) is 1. The Kier molecular flexibility index (Phi) is 3.23. The number of fused-ring (bicyclic) bond motifs is 1. The highest BCUT2D eigenvalue weighted by Gasteiger charge is 2.28. The molecule has 1 unspecified atom stereocenters.